The average Bonchev–Trinajstić information content (AvgIpc) is 2.84. The Morgan fingerprint density at radius 2 is 1.72 bits per heavy atom. The second-order valence-corrected chi connectivity index (χ2v) is 10.2. The molecule has 0 aliphatic carbocycles. The summed E-state index contributed by atoms with van der Waals surface area (Å²) in [5, 5.41) is 2.98. The molecule has 2 amide bonds. The van der Waals surface area contributed by atoms with E-state index in [0.717, 1.165) is 47.5 Å². The molecule has 192 valence electrons. The summed E-state index contributed by atoms with van der Waals surface area (Å²) in [6, 6.07) is 14.6. The van der Waals surface area contributed by atoms with Crippen molar-refractivity contribution in [3.63, 3.8) is 0 Å². The summed E-state index contributed by atoms with van der Waals surface area (Å²) in [5.41, 5.74) is 3.43. The molecule has 36 heavy (non-hydrogen) atoms. The first-order chi connectivity index (χ1) is 17.0. The van der Waals surface area contributed by atoms with Gasteiger partial charge in [0.2, 0.25) is 0 Å². The van der Waals surface area contributed by atoms with Gasteiger partial charge >= 0.3 is 16.1 Å². The lowest BCUT2D eigenvalue weighted by molar-refractivity contribution is 0.187. The second-order valence-electron chi connectivity index (χ2n) is 8.61. The van der Waals surface area contributed by atoms with Crippen molar-refractivity contribution < 1.29 is 26.5 Å². The largest absolute Gasteiger partial charge is 0.493 e. The first-order valence-electron chi connectivity index (χ1n) is 11.6. The highest BCUT2D eigenvalue weighted by Gasteiger charge is 2.23. The van der Waals surface area contributed by atoms with Gasteiger partial charge in [-0.15, -0.1) is 0 Å². The number of urea groups is 1. The van der Waals surface area contributed by atoms with Gasteiger partial charge in [-0.25, -0.2) is 9.18 Å². The Balaban J connectivity index is 1.87. The van der Waals surface area contributed by atoms with E-state index in [1.165, 1.54) is 13.2 Å². The summed E-state index contributed by atoms with van der Waals surface area (Å²) in [5.74, 6) is -0.379. The number of carbonyl (C=O) groups is 1. The molecule has 0 aliphatic heterocycles. The summed E-state index contributed by atoms with van der Waals surface area (Å²) in [7, 11) is -2.84. The zero-order valence-electron chi connectivity index (χ0n) is 21.0. The topological polar surface area (TPSA) is 84.9 Å². The zero-order valence-corrected chi connectivity index (χ0v) is 21.9. The summed E-state index contributed by atoms with van der Waals surface area (Å²) in [6.45, 7) is 8.07. The summed E-state index contributed by atoms with van der Waals surface area (Å²) >= 11 is 0. The molecule has 7 nitrogen and oxygen atoms in total. The molecule has 1 N–H and O–H groups in total. The normalized spacial score (nSPS) is 12.1. The fourth-order valence-electron chi connectivity index (χ4n) is 3.64. The number of hydrogen-bond acceptors (Lipinski definition) is 5. The third-order valence-corrected chi connectivity index (χ3v) is 7.14. The zero-order chi connectivity index (χ0) is 26.5. The van der Waals surface area contributed by atoms with Crippen LogP contribution in [0.2, 0.25) is 0 Å². The number of halogens is 1. The third kappa shape index (κ3) is 6.54. The van der Waals surface area contributed by atoms with E-state index in [9.17, 15) is 17.6 Å². The van der Waals surface area contributed by atoms with E-state index >= 15 is 0 Å². The molecular weight excluding hydrogens is 483 g/mol. The lowest BCUT2D eigenvalue weighted by atomic mass is 10.1. The Hall–Kier alpha value is -3.59. The average molecular weight is 515 g/mol. The van der Waals surface area contributed by atoms with Crippen molar-refractivity contribution in [2.75, 3.05) is 12.4 Å². The van der Waals surface area contributed by atoms with Crippen LogP contribution in [0.3, 0.4) is 0 Å². The Morgan fingerprint density at radius 1 is 1.03 bits per heavy atom. The molecule has 0 spiro atoms. The predicted octanol–water partition coefficient (Wildman–Crippen LogP) is 6.05. The maximum absolute atomic E-state index is 13.2. The van der Waals surface area contributed by atoms with Gasteiger partial charge in [0, 0.05) is 18.3 Å². The molecule has 3 rings (SSSR count). The van der Waals surface area contributed by atoms with Crippen molar-refractivity contribution in [3.05, 3.63) is 83.2 Å². The van der Waals surface area contributed by atoms with Crippen LogP contribution in [0.5, 0.6) is 11.5 Å². The molecule has 0 fully saturated rings. The number of anilines is 1. The van der Waals surface area contributed by atoms with E-state index in [1.54, 1.807) is 17.0 Å². The highest BCUT2D eigenvalue weighted by Crippen LogP contribution is 2.32. The molecular formula is C27H31FN2O5S. The number of nitrogens with one attached hydrogen (secondary N) is 1. The molecule has 0 saturated heterocycles. The van der Waals surface area contributed by atoms with Gasteiger partial charge in [-0.1, -0.05) is 30.7 Å². The standard InChI is InChI=1S/C27H31FN2O5S/c1-6-20(4)30(27(31)29-24-13-7-18(2)15-19(24)3)17-21-8-14-25(34-5)26(16-21)35-36(32,33)23-11-9-22(28)10-12-23/h7-16,20H,6,17H2,1-5H3,(H,29,31). The van der Waals surface area contributed by atoms with E-state index in [1.807, 2.05) is 45.9 Å². The number of methoxy groups -OCH3 is 1. The van der Waals surface area contributed by atoms with Gasteiger partial charge in [-0.2, -0.15) is 8.42 Å². The highest BCUT2D eigenvalue weighted by atomic mass is 32.2. The lowest BCUT2D eigenvalue weighted by Gasteiger charge is -2.29. The number of ether oxygens (including phenoxy) is 1. The first kappa shape index (κ1) is 27.0. The van der Waals surface area contributed by atoms with Crippen LogP contribution in [0.4, 0.5) is 14.9 Å². The molecule has 9 heteroatoms. The third-order valence-electron chi connectivity index (χ3n) is 5.89. The van der Waals surface area contributed by atoms with Crippen molar-refractivity contribution in [2.45, 2.75) is 51.6 Å². The number of amides is 2. The minimum atomic E-state index is -4.23. The van der Waals surface area contributed by atoms with Crippen molar-refractivity contribution >= 4 is 21.8 Å². The summed E-state index contributed by atoms with van der Waals surface area (Å²) in [6.07, 6.45) is 0.721. The summed E-state index contributed by atoms with van der Waals surface area (Å²) in [4.78, 5) is 14.7. The Bertz CT molecular complexity index is 1330. The molecule has 0 aliphatic rings. The van der Waals surface area contributed by atoms with E-state index in [4.69, 9.17) is 8.92 Å². The van der Waals surface area contributed by atoms with Gasteiger partial charge < -0.3 is 19.1 Å². The second kappa shape index (κ2) is 11.4. The van der Waals surface area contributed by atoms with Gasteiger partial charge in [0.05, 0.1) is 7.11 Å². The number of hydrogen-bond donors (Lipinski definition) is 1. The van der Waals surface area contributed by atoms with Gasteiger partial charge in [-0.05, 0) is 80.8 Å². The predicted molar refractivity (Wildman–Crippen MR) is 137 cm³/mol. The maximum atomic E-state index is 13.2. The monoisotopic (exact) mass is 514 g/mol. The van der Waals surface area contributed by atoms with Gasteiger partial charge in [0.15, 0.2) is 11.5 Å². The van der Waals surface area contributed by atoms with E-state index in [-0.39, 0.29) is 35.0 Å². The minimum absolute atomic E-state index is 0.0294. The van der Waals surface area contributed by atoms with E-state index < -0.39 is 15.9 Å². The number of benzene rings is 3. The van der Waals surface area contributed by atoms with E-state index in [2.05, 4.69) is 5.32 Å². The fraction of sp³-hybridized carbons (Fsp3) is 0.296. The maximum Gasteiger partial charge on any atom is 0.339 e. The number of carbonyl (C=O) groups excluding carboxylic acids is 1. The highest BCUT2D eigenvalue weighted by molar-refractivity contribution is 7.87. The Kier molecular flexibility index (Phi) is 8.57. The molecule has 1 unspecified atom stereocenters. The molecule has 3 aromatic rings. The Morgan fingerprint density at radius 3 is 2.33 bits per heavy atom. The van der Waals surface area contributed by atoms with Crippen LogP contribution in [0.15, 0.2) is 65.6 Å². The van der Waals surface area contributed by atoms with Crippen molar-refractivity contribution in [1.82, 2.24) is 4.90 Å². The van der Waals surface area contributed by atoms with Crippen LogP contribution in [0.25, 0.3) is 0 Å². The van der Waals surface area contributed by atoms with Crippen LogP contribution < -0.4 is 14.2 Å². The smallest absolute Gasteiger partial charge is 0.339 e. The van der Waals surface area contributed by atoms with Crippen LogP contribution in [-0.2, 0) is 16.7 Å². The molecule has 0 saturated carbocycles. The van der Waals surface area contributed by atoms with Crippen molar-refractivity contribution in [3.8, 4) is 11.5 Å². The van der Waals surface area contributed by atoms with Crippen LogP contribution in [0, 0.1) is 19.7 Å². The molecule has 0 radical (unpaired) electrons. The minimum Gasteiger partial charge on any atom is -0.493 e. The molecule has 0 bridgehead atoms. The van der Waals surface area contributed by atoms with Crippen molar-refractivity contribution in [1.29, 1.82) is 0 Å². The fourth-order valence-corrected chi connectivity index (χ4v) is 4.57. The number of aryl methyl sites for hydroxylation is 2. The molecule has 1 atom stereocenters. The van der Waals surface area contributed by atoms with Gasteiger partial charge in [0.1, 0.15) is 10.7 Å². The SMILES string of the molecule is CCC(C)N(Cc1ccc(OC)c(OS(=O)(=O)c2ccc(F)cc2)c1)C(=O)Nc1ccc(C)cc1C. The van der Waals surface area contributed by atoms with Crippen LogP contribution >= 0.6 is 0 Å². The quantitative estimate of drug-likeness (QED) is 0.351. The first-order valence-corrected chi connectivity index (χ1v) is 13.0. The molecule has 0 aromatic heterocycles. The van der Waals surface area contributed by atoms with Crippen LogP contribution in [0.1, 0.15) is 37.0 Å². The van der Waals surface area contributed by atoms with Gasteiger partial charge in [-0.3, -0.25) is 0 Å². The summed E-state index contributed by atoms with van der Waals surface area (Å²) < 4.78 is 49.4. The molecule has 3 aromatic carbocycles. The number of nitrogens with zero attached hydrogens (tertiary/aromatic N) is 1. The van der Waals surface area contributed by atoms with E-state index in [0.29, 0.717) is 5.56 Å². The lowest BCUT2D eigenvalue weighted by Crippen LogP contribution is -2.40. The number of rotatable bonds is 9. The van der Waals surface area contributed by atoms with Crippen molar-refractivity contribution in [2.24, 2.45) is 0 Å². The molecule has 0 heterocycles. The van der Waals surface area contributed by atoms with Crippen LogP contribution in [-0.4, -0.2) is 32.5 Å². The Labute approximate surface area is 212 Å². The van der Waals surface area contributed by atoms with Gasteiger partial charge in [0.25, 0.3) is 0 Å².